The van der Waals surface area contributed by atoms with Gasteiger partial charge in [0.25, 0.3) is 0 Å². The van der Waals surface area contributed by atoms with Gasteiger partial charge >= 0.3 is 5.97 Å². The van der Waals surface area contributed by atoms with Crippen molar-refractivity contribution in [3.8, 4) is 0 Å². The van der Waals surface area contributed by atoms with Crippen LogP contribution in [-0.4, -0.2) is 23.9 Å². The van der Waals surface area contributed by atoms with Crippen LogP contribution >= 0.6 is 0 Å². The van der Waals surface area contributed by atoms with Crippen LogP contribution in [0, 0.1) is 11.8 Å². The number of fused-ring (bicyclic) bond motifs is 1. The highest BCUT2D eigenvalue weighted by atomic mass is 16.7. The minimum atomic E-state index is -0.798. The van der Waals surface area contributed by atoms with Crippen molar-refractivity contribution in [3.63, 3.8) is 0 Å². The van der Waals surface area contributed by atoms with Crippen LogP contribution < -0.4 is 0 Å². The van der Waals surface area contributed by atoms with Crippen molar-refractivity contribution in [2.24, 2.45) is 17.0 Å². The topological polar surface area (TPSA) is 47.9 Å². The Bertz CT molecular complexity index is 351. The maximum absolute atomic E-state index is 12.3. The van der Waals surface area contributed by atoms with Crippen LogP contribution in [-0.2, 0) is 14.4 Å². The van der Waals surface area contributed by atoms with E-state index >= 15 is 0 Å². The molecule has 1 fully saturated rings. The predicted octanol–water partition coefficient (Wildman–Crippen LogP) is 2.91. The number of nitrogens with zero attached hydrogens (tertiary/aromatic N) is 1. The minimum absolute atomic E-state index is 0.131. The SMILES string of the molecule is CCCCOC(=O)C12CCCC1C(C(C)C)=NO2. The smallest absolute Gasteiger partial charge is 0.354 e. The average Bonchev–Trinajstić information content (AvgIpc) is 2.86. The molecule has 18 heavy (non-hydrogen) atoms. The zero-order chi connectivity index (χ0) is 13.2. The van der Waals surface area contributed by atoms with E-state index in [0.717, 1.165) is 37.8 Å². The molecule has 1 saturated carbocycles. The van der Waals surface area contributed by atoms with Crippen LogP contribution in [0.5, 0.6) is 0 Å². The second-order valence-corrected chi connectivity index (χ2v) is 5.59. The standard InChI is InChI=1S/C14H23NO3/c1-4-5-9-17-13(16)14-8-6-7-11(14)12(10(2)3)15-18-14/h10-11H,4-9H2,1-3H3. The van der Waals surface area contributed by atoms with Gasteiger partial charge in [0, 0.05) is 6.42 Å². The normalized spacial score (nSPS) is 30.0. The van der Waals surface area contributed by atoms with Crippen LogP contribution in [0.3, 0.4) is 0 Å². The van der Waals surface area contributed by atoms with Gasteiger partial charge in [-0.3, -0.25) is 0 Å². The first-order chi connectivity index (χ1) is 8.62. The third-order valence-corrected chi connectivity index (χ3v) is 3.94. The molecule has 0 radical (unpaired) electrons. The Kier molecular flexibility index (Phi) is 3.93. The lowest BCUT2D eigenvalue weighted by Crippen LogP contribution is -2.44. The summed E-state index contributed by atoms with van der Waals surface area (Å²) >= 11 is 0. The fraction of sp³-hybridized carbons (Fsp3) is 0.857. The van der Waals surface area contributed by atoms with Gasteiger partial charge in [0.1, 0.15) is 0 Å². The lowest BCUT2D eigenvalue weighted by atomic mass is 9.83. The molecule has 1 aliphatic heterocycles. The largest absolute Gasteiger partial charge is 0.463 e. The molecule has 2 aliphatic rings. The molecule has 2 atom stereocenters. The van der Waals surface area contributed by atoms with Gasteiger partial charge in [0.05, 0.1) is 18.2 Å². The summed E-state index contributed by atoms with van der Waals surface area (Å²) in [7, 11) is 0. The maximum atomic E-state index is 12.3. The van der Waals surface area contributed by atoms with Crippen molar-refractivity contribution in [2.45, 2.75) is 58.5 Å². The second-order valence-electron chi connectivity index (χ2n) is 5.59. The number of oxime groups is 1. The molecule has 0 saturated heterocycles. The summed E-state index contributed by atoms with van der Waals surface area (Å²) < 4.78 is 5.36. The number of ether oxygens (including phenoxy) is 1. The third-order valence-electron chi connectivity index (χ3n) is 3.94. The third kappa shape index (κ3) is 2.13. The first-order valence-electron chi connectivity index (χ1n) is 7.05. The number of carbonyl (C=O) groups excluding carboxylic acids is 1. The van der Waals surface area contributed by atoms with Crippen LogP contribution in [0.4, 0.5) is 0 Å². The van der Waals surface area contributed by atoms with Crippen LogP contribution in [0.25, 0.3) is 0 Å². The van der Waals surface area contributed by atoms with Crippen molar-refractivity contribution in [1.29, 1.82) is 0 Å². The van der Waals surface area contributed by atoms with E-state index in [-0.39, 0.29) is 11.9 Å². The Morgan fingerprint density at radius 2 is 2.39 bits per heavy atom. The molecule has 0 aromatic heterocycles. The fourth-order valence-electron chi connectivity index (χ4n) is 2.89. The van der Waals surface area contributed by atoms with Crippen LogP contribution in [0.1, 0.15) is 52.9 Å². The monoisotopic (exact) mass is 253 g/mol. The Hall–Kier alpha value is -1.06. The zero-order valence-corrected chi connectivity index (χ0v) is 11.6. The first kappa shape index (κ1) is 13.4. The van der Waals surface area contributed by atoms with E-state index in [1.54, 1.807) is 0 Å². The predicted molar refractivity (Wildman–Crippen MR) is 69.3 cm³/mol. The molecule has 0 bridgehead atoms. The number of unbranched alkanes of at least 4 members (excludes halogenated alkanes) is 1. The van der Waals surface area contributed by atoms with Gasteiger partial charge in [-0.2, -0.15) is 0 Å². The van der Waals surface area contributed by atoms with Gasteiger partial charge < -0.3 is 9.57 Å². The molecule has 0 aromatic carbocycles. The lowest BCUT2D eigenvalue weighted by molar-refractivity contribution is -0.172. The Labute approximate surface area is 109 Å². The van der Waals surface area contributed by atoms with E-state index in [2.05, 4.69) is 25.9 Å². The van der Waals surface area contributed by atoms with E-state index in [1.807, 2.05) is 0 Å². The summed E-state index contributed by atoms with van der Waals surface area (Å²) in [6, 6.07) is 0. The molecule has 102 valence electrons. The van der Waals surface area contributed by atoms with Gasteiger partial charge in [-0.1, -0.05) is 32.3 Å². The number of rotatable bonds is 5. The molecule has 0 amide bonds. The molecule has 2 rings (SSSR count). The van der Waals surface area contributed by atoms with Crippen molar-refractivity contribution < 1.29 is 14.4 Å². The molecule has 2 unspecified atom stereocenters. The molecule has 0 aromatic rings. The van der Waals surface area contributed by atoms with Gasteiger partial charge in [-0.05, 0) is 25.2 Å². The summed E-state index contributed by atoms with van der Waals surface area (Å²) in [4.78, 5) is 17.8. The fourth-order valence-corrected chi connectivity index (χ4v) is 2.89. The highest BCUT2D eigenvalue weighted by molar-refractivity contribution is 5.97. The molecule has 1 aliphatic carbocycles. The molecule has 1 heterocycles. The zero-order valence-electron chi connectivity index (χ0n) is 11.6. The summed E-state index contributed by atoms with van der Waals surface area (Å²) in [5.74, 6) is 0.253. The Morgan fingerprint density at radius 3 is 3.06 bits per heavy atom. The van der Waals surface area contributed by atoms with Crippen molar-refractivity contribution in [3.05, 3.63) is 0 Å². The molecule has 0 N–H and O–H groups in total. The molecule has 4 heteroatoms. The van der Waals surface area contributed by atoms with E-state index in [0.29, 0.717) is 12.5 Å². The summed E-state index contributed by atoms with van der Waals surface area (Å²) in [5.41, 5.74) is 0.229. The van der Waals surface area contributed by atoms with Crippen molar-refractivity contribution in [2.75, 3.05) is 6.61 Å². The molecular formula is C14H23NO3. The van der Waals surface area contributed by atoms with Crippen molar-refractivity contribution in [1.82, 2.24) is 0 Å². The second kappa shape index (κ2) is 5.29. The lowest BCUT2D eigenvalue weighted by Gasteiger charge is -2.25. The van der Waals surface area contributed by atoms with Crippen LogP contribution in [0.15, 0.2) is 5.16 Å². The van der Waals surface area contributed by atoms with E-state index in [9.17, 15) is 4.79 Å². The van der Waals surface area contributed by atoms with E-state index in [4.69, 9.17) is 9.57 Å². The maximum Gasteiger partial charge on any atom is 0.354 e. The number of esters is 1. The van der Waals surface area contributed by atoms with Gasteiger partial charge in [-0.25, -0.2) is 4.79 Å². The quantitative estimate of drug-likeness (QED) is 0.559. The number of hydrogen-bond acceptors (Lipinski definition) is 4. The Morgan fingerprint density at radius 1 is 1.61 bits per heavy atom. The van der Waals surface area contributed by atoms with E-state index < -0.39 is 5.60 Å². The first-order valence-corrected chi connectivity index (χ1v) is 7.05. The average molecular weight is 253 g/mol. The summed E-state index contributed by atoms with van der Waals surface area (Å²) in [5, 5.41) is 4.16. The highest BCUT2D eigenvalue weighted by Crippen LogP contribution is 2.46. The highest BCUT2D eigenvalue weighted by Gasteiger charge is 2.59. The van der Waals surface area contributed by atoms with Crippen molar-refractivity contribution >= 4 is 11.7 Å². The molecule has 4 nitrogen and oxygen atoms in total. The van der Waals surface area contributed by atoms with Crippen LogP contribution in [0.2, 0.25) is 0 Å². The number of hydrogen-bond donors (Lipinski definition) is 0. The summed E-state index contributed by atoms with van der Waals surface area (Å²) in [6.07, 6.45) is 4.67. The van der Waals surface area contributed by atoms with Gasteiger partial charge in [0.2, 0.25) is 5.60 Å². The van der Waals surface area contributed by atoms with E-state index in [1.165, 1.54) is 0 Å². The number of carbonyl (C=O) groups is 1. The molecular weight excluding hydrogens is 230 g/mol. The molecule has 0 spiro atoms. The minimum Gasteiger partial charge on any atom is -0.463 e. The Balaban J connectivity index is 2.05. The summed E-state index contributed by atoms with van der Waals surface area (Å²) in [6.45, 7) is 6.76. The van der Waals surface area contributed by atoms with Gasteiger partial charge in [0.15, 0.2) is 0 Å². The van der Waals surface area contributed by atoms with Gasteiger partial charge in [-0.15, -0.1) is 0 Å².